The van der Waals surface area contributed by atoms with E-state index in [1.807, 2.05) is 6.07 Å². The molecule has 0 N–H and O–H groups in total. The third-order valence-electron chi connectivity index (χ3n) is 10.5. The van der Waals surface area contributed by atoms with Crippen molar-refractivity contribution in [2.24, 2.45) is 0 Å². The number of para-hydroxylation sites is 1. The minimum absolute atomic E-state index is 0.852. The van der Waals surface area contributed by atoms with E-state index in [1.54, 1.807) is 0 Å². The molecule has 1 heterocycles. The summed E-state index contributed by atoms with van der Waals surface area (Å²) in [5, 5.41) is 4.67. The third-order valence-corrected chi connectivity index (χ3v) is 10.5. The normalized spacial score (nSPS) is 11.3. The zero-order chi connectivity index (χ0) is 35.8. The molecule has 0 fully saturated rings. The Morgan fingerprint density at radius 1 is 0.315 bits per heavy atom. The van der Waals surface area contributed by atoms with Gasteiger partial charge in [0.05, 0.1) is 5.69 Å². The summed E-state index contributed by atoms with van der Waals surface area (Å²) in [6, 6.07) is 75.8. The van der Waals surface area contributed by atoms with Crippen LogP contribution in [0.4, 0.5) is 17.1 Å². The van der Waals surface area contributed by atoms with Crippen LogP contribution in [-0.2, 0) is 0 Å². The standard InChI is InChI=1S/C52H35NO/c1-4-13-36(14-5-1)43-27-31-47-48-21-12-22-50(52(48)54-51(47)34-43)53(44-28-25-38(26-29-44)42-24-23-37-15-10-11-20-41(37)33-42)45-30-32-46(39-16-6-2-7-17-39)49(35-45)40-18-8-3-9-19-40/h1-35H. The van der Waals surface area contributed by atoms with Gasteiger partial charge in [-0.2, -0.15) is 0 Å². The lowest BCUT2D eigenvalue weighted by atomic mass is 9.93. The second kappa shape index (κ2) is 13.4. The molecule has 1 aromatic heterocycles. The smallest absolute Gasteiger partial charge is 0.159 e. The van der Waals surface area contributed by atoms with Crippen LogP contribution in [0, 0.1) is 0 Å². The zero-order valence-corrected chi connectivity index (χ0v) is 29.6. The topological polar surface area (TPSA) is 16.4 Å². The first-order chi connectivity index (χ1) is 26.8. The number of rotatable bonds is 7. The van der Waals surface area contributed by atoms with Gasteiger partial charge in [0, 0.05) is 22.1 Å². The lowest BCUT2D eigenvalue weighted by Crippen LogP contribution is -2.10. The van der Waals surface area contributed by atoms with Gasteiger partial charge in [0.2, 0.25) is 0 Å². The lowest BCUT2D eigenvalue weighted by Gasteiger charge is -2.27. The third kappa shape index (κ3) is 5.71. The highest BCUT2D eigenvalue weighted by atomic mass is 16.3. The molecule has 0 aliphatic rings. The molecule has 0 saturated heterocycles. The molecule has 10 rings (SSSR count). The van der Waals surface area contributed by atoms with Gasteiger partial charge < -0.3 is 9.32 Å². The quantitative estimate of drug-likeness (QED) is 0.166. The van der Waals surface area contributed by atoms with Crippen LogP contribution in [0.2, 0.25) is 0 Å². The summed E-state index contributed by atoms with van der Waals surface area (Å²) in [5.74, 6) is 0. The molecule has 0 amide bonds. The highest BCUT2D eigenvalue weighted by Crippen LogP contribution is 2.45. The van der Waals surface area contributed by atoms with Gasteiger partial charge in [-0.05, 0) is 104 Å². The Morgan fingerprint density at radius 3 is 1.63 bits per heavy atom. The van der Waals surface area contributed by atoms with Crippen LogP contribution in [0.3, 0.4) is 0 Å². The molecular weight excluding hydrogens is 655 g/mol. The monoisotopic (exact) mass is 689 g/mol. The Kier molecular flexibility index (Phi) is 7.85. The molecule has 0 saturated carbocycles. The van der Waals surface area contributed by atoms with Gasteiger partial charge in [-0.3, -0.25) is 0 Å². The molecule has 10 aromatic rings. The van der Waals surface area contributed by atoms with Crippen molar-refractivity contribution in [3.05, 3.63) is 212 Å². The van der Waals surface area contributed by atoms with Crippen molar-refractivity contribution in [1.29, 1.82) is 0 Å². The Labute approximate surface area is 314 Å². The van der Waals surface area contributed by atoms with E-state index in [0.29, 0.717) is 0 Å². The maximum Gasteiger partial charge on any atom is 0.159 e. The minimum Gasteiger partial charge on any atom is -0.454 e. The maximum atomic E-state index is 6.87. The van der Waals surface area contributed by atoms with E-state index < -0.39 is 0 Å². The molecule has 9 aromatic carbocycles. The molecule has 0 unspecified atom stereocenters. The first kappa shape index (κ1) is 31.6. The fraction of sp³-hybridized carbons (Fsp3) is 0. The van der Waals surface area contributed by atoms with Gasteiger partial charge in [-0.1, -0.05) is 164 Å². The summed E-state index contributed by atoms with van der Waals surface area (Å²) < 4.78 is 6.87. The van der Waals surface area contributed by atoms with E-state index >= 15 is 0 Å². The van der Waals surface area contributed by atoms with Crippen LogP contribution in [-0.4, -0.2) is 0 Å². The van der Waals surface area contributed by atoms with E-state index in [1.165, 1.54) is 49.7 Å². The minimum atomic E-state index is 0.852. The Morgan fingerprint density at radius 2 is 0.889 bits per heavy atom. The van der Waals surface area contributed by atoms with E-state index in [2.05, 4.69) is 211 Å². The van der Waals surface area contributed by atoms with Crippen molar-refractivity contribution < 1.29 is 4.42 Å². The Balaban J connectivity index is 1.16. The fourth-order valence-electron chi connectivity index (χ4n) is 7.77. The molecule has 0 spiro atoms. The molecule has 0 aliphatic heterocycles. The number of nitrogens with zero attached hydrogens (tertiary/aromatic N) is 1. The fourth-order valence-corrected chi connectivity index (χ4v) is 7.77. The molecule has 254 valence electrons. The number of furan rings is 1. The molecule has 0 bridgehead atoms. The van der Waals surface area contributed by atoms with E-state index in [-0.39, 0.29) is 0 Å². The number of hydrogen-bond acceptors (Lipinski definition) is 2. The molecular formula is C52H35NO. The molecule has 2 heteroatoms. The molecule has 0 atom stereocenters. The van der Waals surface area contributed by atoms with E-state index in [4.69, 9.17) is 4.42 Å². The average molecular weight is 690 g/mol. The summed E-state index contributed by atoms with van der Waals surface area (Å²) >= 11 is 0. The second-order valence-corrected chi connectivity index (χ2v) is 13.7. The molecule has 0 aliphatic carbocycles. The van der Waals surface area contributed by atoms with Gasteiger partial charge in [-0.25, -0.2) is 0 Å². The average Bonchev–Trinajstić information content (AvgIpc) is 3.63. The van der Waals surface area contributed by atoms with Gasteiger partial charge in [-0.15, -0.1) is 0 Å². The number of hydrogen-bond donors (Lipinski definition) is 0. The molecule has 0 radical (unpaired) electrons. The Hall–Kier alpha value is -7.16. The SMILES string of the molecule is c1ccc(-c2ccc3c(c2)oc2c(N(c4ccc(-c5ccc6ccccc6c5)cc4)c4ccc(-c5ccccc5)c(-c5ccccc5)c4)cccc23)cc1. The van der Waals surface area contributed by atoms with Crippen molar-refractivity contribution >= 4 is 49.8 Å². The summed E-state index contributed by atoms with van der Waals surface area (Å²) in [6.07, 6.45) is 0. The van der Waals surface area contributed by atoms with E-state index in [9.17, 15) is 0 Å². The number of anilines is 3. The van der Waals surface area contributed by atoms with Crippen molar-refractivity contribution in [3.8, 4) is 44.5 Å². The maximum absolute atomic E-state index is 6.87. The number of fused-ring (bicyclic) bond motifs is 4. The van der Waals surface area contributed by atoms with Crippen LogP contribution >= 0.6 is 0 Å². The van der Waals surface area contributed by atoms with E-state index in [0.717, 1.165) is 44.6 Å². The van der Waals surface area contributed by atoms with Crippen LogP contribution in [0.1, 0.15) is 0 Å². The number of benzene rings is 9. The van der Waals surface area contributed by atoms with Crippen molar-refractivity contribution in [2.45, 2.75) is 0 Å². The molecule has 54 heavy (non-hydrogen) atoms. The predicted molar refractivity (Wildman–Crippen MR) is 228 cm³/mol. The van der Waals surface area contributed by atoms with Crippen LogP contribution in [0.15, 0.2) is 217 Å². The molecule has 2 nitrogen and oxygen atoms in total. The first-order valence-electron chi connectivity index (χ1n) is 18.4. The van der Waals surface area contributed by atoms with Crippen molar-refractivity contribution in [1.82, 2.24) is 0 Å². The van der Waals surface area contributed by atoms with Gasteiger partial charge in [0.25, 0.3) is 0 Å². The summed E-state index contributed by atoms with van der Waals surface area (Å²) in [6.45, 7) is 0. The van der Waals surface area contributed by atoms with Crippen LogP contribution in [0.5, 0.6) is 0 Å². The van der Waals surface area contributed by atoms with Crippen molar-refractivity contribution in [3.63, 3.8) is 0 Å². The summed E-state index contributed by atoms with van der Waals surface area (Å²) in [7, 11) is 0. The first-order valence-corrected chi connectivity index (χ1v) is 18.4. The van der Waals surface area contributed by atoms with Crippen molar-refractivity contribution in [2.75, 3.05) is 4.90 Å². The van der Waals surface area contributed by atoms with Gasteiger partial charge in [0.1, 0.15) is 5.58 Å². The lowest BCUT2D eigenvalue weighted by molar-refractivity contribution is 0.669. The second-order valence-electron chi connectivity index (χ2n) is 13.7. The van der Waals surface area contributed by atoms with Gasteiger partial charge in [0.15, 0.2) is 5.58 Å². The highest BCUT2D eigenvalue weighted by Gasteiger charge is 2.21. The largest absolute Gasteiger partial charge is 0.454 e. The predicted octanol–water partition coefficient (Wildman–Crippen LogP) is 14.9. The highest BCUT2D eigenvalue weighted by molar-refractivity contribution is 6.11. The summed E-state index contributed by atoms with van der Waals surface area (Å²) in [4.78, 5) is 2.34. The Bertz CT molecular complexity index is 2910. The van der Waals surface area contributed by atoms with Gasteiger partial charge >= 0.3 is 0 Å². The van der Waals surface area contributed by atoms with Crippen LogP contribution < -0.4 is 4.90 Å². The summed E-state index contributed by atoms with van der Waals surface area (Å²) in [5.41, 5.74) is 14.2. The van der Waals surface area contributed by atoms with Crippen LogP contribution in [0.25, 0.3) is 77.2 Å². The zero-order valence-electron chi connectivity index (χ0n) is 29.6.